The van der Waals surface area contributed by atoms with Gasteiger partial charge in [-0.1, -0.05) is 66.7 Å². The first kappa shape index (κ1) is 40.1. The van der Waals surface area contributed by atoms with E-state index in [0.717, 1.165) is 51.4 Å². The molecule has 11 heteroatoms. The molecule has 1 aliphatic heterocycles. The predicted octanol–water partition coefficient (Wildman–Crippen LogP) is 5.53. The van der Waals surface area contributed by atoms with Crippen LogP contribution in [0, 0.1) is 40.9 Å². The number of Topliss-reactive ketones (excluding diaryl/α,β-unsaturated/α-hetero) is 5. The molecule has 1 saturated heterocycles. The van der Waals surface area contributed by atoms with Crippen LogP contribution in [0.3, 0.4) is 0 Å². The highest BCUT2D eigenvalue weighted by Crippen LogP contribution is 2.44. The zero-order valence-electron chi connectivity index (χ0n) is 31.4. The number of nitrogens with zero attached hydrogens (tertiary/aromatic N) is 3. The Balaban J connectivity index is 1.57. The van der Waals surface area contributed by atoms with Crippen LogP contribution in [0.4, 0.5) is 0 Å². The van der Waals surface area contributed by atoms with Gasteiger partial charge in [0.15, 0.2) is 17.3 Å². The fraction of sp³-hybridized carbons (Fsp3) is 0.725. The summed E-state index contributed by atoms with van der Waals surface area (Å²) >= 11 is 0. The fourth-order valence-corrected chi connectivity index (χ4v) is 8.55. The van der Waals surface area contributed by atoms with Gasteiger partial charge in [0, 0.05) is 56.0 Å². The van der Waals surface area contributed by atoms with Crippen LogP contribution < -0.4 is 5.32 Å². The van der Waals surface area contributed by atoms with E-state index in [9.17, 15) is 33.6 Å². The van der Waals surface area contributed by atoms with Gasteiger partial charge in [-0.15, -0.1) is 0 Å². The molecule has 4 rings (SSSR count). The molecule has 2 amide bonds. The molecule has 3 fully saturated rings. The molecule has 2 aliphatic carbocycles. The van der Waals surface area contributed by atoms with Crippen molar-refractivity contribution in [2.24, 2.45) is 40.9 Å². The molecule has 2 saturated carbocycles. The Morgan fingerprint density at radius 1 is 0.922 bits per heavy atom. The predicted molar refractivity (Wildman–Crippen MR) is 191 cm³/mol. The van der Waals surface area contributed by atoms with Gasteiger partial charge >= 0.3 is 0 Å². The number of rotatable bonds is 17. The summed E-state index contributed by atoms with van der Waals surface area (Å²) in [5, 5.41) is 3.08. The zero-order chi connectivity index (χ0) is 37.5. The molecule has 0 spiro atoms. The molecular formula is C40H58N4O7. The van der Waals surface area contributed by atoms with Crippen LogP contribution in [0.25, 0.3) is 0 Å². The average Bonchev–Trinajstić information content (AvgIpc) is 3.70. The van der Waals surface area contributed by atoms with E-state index in [0.29, 0.717) is 19.4 Å². The van der Waals surface area contributed by atoms with E-state index in [2.05, 4.69) is 15.3 Å². The van der Waals surface area contributed by atoms with E-state index in [1.165, 1.54) is 25.5 Å². The van der Waals surface area contributed by atoms with Gasteiger partial charge in [0.1, 0.15) is 17.5 Å². The molecular weight excluding hydrogens is 648 g/mol. The Kier molecular flexibility index (Phi) is 14.0. The number of hydrogen-bond donors (Lipinski definition) is 1. The highest BCUT2D eigenvalue weighted by molar-refractivity contribution is 6.38. The van der Waals surface area contributed by atoms with Crippen molar-refractivity contribution in [3.63, 3.8) is 0 Å². The largest absolute Gasteiger partial charge is 0.344 e. The third kappa shape index (κ3) is 10.0. The number of nitrogens with one attached hydrogen (secondary N) is 1. The van der Waals surface area contributed by atoms with Gasteiger partial charge in [-0.25, -0.2) is 4.98 Å². The summed E-state index contributed by atoms with van der Waals surface area (Å²) in [6.07, 6.45) is 12.2. The third-order valence-electron chi connectivity index (χ3n) is 11.6. The first-order chi connectivity index (χ1) is 24.1. The summed E-state index contributed by atoms with van der Waals surface area (Å²) in [5.74, 6) is -4.57. The van der Waals surface area contributed by atoms with E-state index in [1.54, 1.807) is 11.8 Å². The van der Waals surface area contributed by atoms with E-state index in [-0.39, 0.29) is 71.9 Å². The first-order valence-corrected chi connectivity index (χ1v) is 19.1. The second-order valence-corrected chi connectivity index (χ2v) is 16.5. The van der Waals surface area contributed by atoms with Crippen molar-refractivity contribution >= 4 is 40.7 Å². The third-order valence-corrected chi connectivity index (χ3v) is 11.6. The Morgan fingerprint density at radius 3 is 2.24 bits per heavy atom. The lowest BCUT2D eigenvalue weighted by atomic mass is 9.76. The minimum atomic E-state index is -0.959. The smallest absolute Gasteiger partial charge is 0.246 e. The SMILES string of the molecule is CCCC(CC(=O)[C@@H]1[C@H]2CCC[C@H]2CN1C(=O)[C@@H](NC(=O)[C@H](CC(=O)c1cnccn1)C1CCCCC1)C(C)(C)C)C(=O)C(=O)C[C@@H](C)C(C)=O. The van der Waals surface area contributed by atoms with Crippen molar-refractivity contribution in [2.45, 2.75) is 137 Å². The number of aromatic nitrogens is 2. The van der Waals surface area contributed by atoms with Gasteiger partial charge in [0.2, 0.25) is 17.6 Å². The lowest BCUT2D eigenvalue weighted by Gasteiger charge is -2.38. The normalized spacial score (nSPS) is 23.1. The van der Waals surface area contributed by atoms with E-state index < -0.39 is 46.8 Å². The fourth-order valence-electron chi connectivity index (χ4n) is 8.55. The van der Waals surface area contributed by atoms with Gasteiger partial charge in [-0.2, -0.15) is 0 Å². The quantitative estimate of drug-likeness (QED) is 0.162. The Hall–Kier alpha value is -3.63. The molecule has 51 heavy (non-hydrogen) atoms. The summed E-state index contributed by atoms with van der Waals surface area (Å²) in [4.78, 5) is 104. The Labute approximate surface area is 302 Å². The summed E-state index contributed by atoms with van der Waals surface area (Å²) < 4.78 is 0. The number of ketones is 5. The maximum absolute atomic E-state index is 14.7. The summed E-state index contributed by atoms with van der Waals surface area (Å²) in [5.41, 5.74) is -0.514. The highest BCUT2D eigenvalue weighted by atomic mass is 16.2. The highest BCUT2D eigenvalue weighted by Gasteiger charge is 2.52. The molecule has 1 unspecified atom stereocenters. The molecule has 7 atom stereocenters. The number of fused-ring (bicyclic) bond motifs is 1. The number of hydrogen-bond acceptors (Lipinski definition) is 9. The van der Waals surface area contributed by atoms with Gasteiger partial charge in [0.05, 0.1) is 12.2 Å². The Morgan fingerprint density at radius 2 is 1.63 bits per heavy atom. The molecule has 1 aromatic rings. The minimum absolute atomic E-state index is 0.00950. The zero-order valence-corrected chi connectivity index (χ0v) is 31.4. The van der Waals surface area contributed by atoms with Gasteiger partial charge < -0.3 is 10.2 Å². The van der Waals surface area contributed by atoms with Crippen molar-refractivity contribution in [1.29, 1.82) is 0 Å². The van der Waals surface area contributed by atoms with Crippen LogP contribution in [-0.2, 0) is 28.8 Å². The van der Waals surface area contributed by atoms with Crippen LogP contribution in [0.2, 0.25) is 0 Å². The second-order valence-electron chi connectivity index (χ2n) is 16.5. The molecule has 3 aliphatic rings. The summed E-state index contributed by atoms with van der Waals surface area (Å²) in [6.45, 7) is 10.9. The van der Waals surface area contributed by atoms with Crippen molar-refractivity contribution in [2.75, 3.05) is 6.54 Å². The average molecular weight is 707 g/mol. The maximum Gasteiger partial charge on any atom is 0.246 e. The van der Waals surface area contributed by atoms with Gasteiger partial charge in [0.25, 0.3) is 0 Å². The molecule has 2 heterocycles. The molecule has 280 valence electrons. The minimum Gasteiger partial charge on any atom is -0.344 e. The molecule has 1 aromatic heterocycles. The van der Waals surface area contributed by atoms with Crippen LogP contribution in [0.5, 0.6) is 0 Å². The molecule has 0 radical (unpaired) electrons. The molecule has 11 nitrogen and oxygen atoms in total. The lowest BCUT2D eigenvalue weighted by Crippen LogP contribution is -2.58. The van der Waals surface area contributed by atoms with E-state index in [4.69, 9.17) is 0 Å². The van der Waals surface area contributed by atoms with E-state index >= 15 is 0 Å². The maximum atomic E-state index is 14.7. The lowest BCUT2D eigenvalue weighted by molar-refractivity contribution is -0.146. The number of likely N-dealkylation sites (tertiary alicyclic amines) is 1. The monoisotopic (exact) mass is 706 g/mol. The standard InChI is InChI=1S/C40H58N4O7/c1-7-12-27(36(49)34(48)19-24(2)25(3)45)20-33(47)35-29-16-11-15-28(29)23-44(35)39(51)37(40(4,5)6)43-38(50)30(26-13-9-8-10-14-26)21-32(46)31-22-41-17-18-42-31/h17-18,22,24,26-30,35,37H,7-16,19-21,23H2,1-6H3,(H,43,50)/t24-,27?,28+,29+,30-,35+,37-/m1/s1. The molecule has 0 aromatic carbocycles. The topological polar surface area (TPSA) is 161 Å². The summed E-state index contributed by atoms with van der Waals surface area (Å²) in [7, 11) is 0. The van der Waals surface area contributed by atoms with Crippen LogP contribution in [0.1, 0.15) is 136 Å². The second kappa shape index (κ2) is 17.7. The molecule has 1 N–H and O–H groups in total. The van der Waals surface area contributed by atoms with E-state index in [1.807, 2.05) is 27.7 Å². The van der Waals surface area contributed by atoms with Crippen LogP contribution in [-0.4, -0.2) is 74.2 Å². The summed E-state index contributed by atoms with van der Waals surface area (Å²) in [6, 6.07) is -1.71. The van der Waals surface area contributed by atoms with Gasteiger partial charge in [-0.3, -0.25) is 38.5 Å². The van der Waals surface area contributed by atoms with Crippen molar-refractivity contribution < 1.29 is 33.6 Å². The van der Waals surface area contributed by atoms with Gasteiger partial charge in [-0.05, 0) is 62.2 Å². The Bertz CT molecular complexity index is 1450. The number of carbonyl (C=O) groups excluding carboxylic acids is 7. The number of carbonyl (C=O) groups is 7. The van der Waals surface area contributed by atoms with Crippen molar-refractivity contribution in [3.8, 4) is 0 Å². The molecule has 0 bridgehead atoms. The van der Waals surface area contributed by atoms with Crippen molar-refractivity contribution in [3.05, 3.63) is 24.3 Å². The first-order valence-electron chi connectivity index (χ1n) is 19.1. The van der Waals surface area contributed by atoms with Crippen molar-refractivity contribution in [1.82, 2.24) is 20.2 Å². The van der Waals surface area contributed by atoms with Crippen LogP contribution >= 0.6 is 0 Å². The van der Waals surface area contributed by atoms with Crippen LogP contribution in [0.15, 0.2) is 18.6 Å². The number of amides is 2.